The standard InChI is InChI=1S/C30H29FN4O2/c1-4-17-34-29-25(20(3)33-35(29)24-11-6-5-7-12-24)26(21-13-15-23(31)16-14-21)27(30(34)37)32-28(36)22-10-8-9-19(2)18-22/h5-16,18,26-27H,4,17H2,1-3H3,(H,32,36)/t26-,27-/m0/s1. The molecule has 4 aromatic rings. The van der Waals surface area contributed by atoms with E-state index >= 15 is 0 Å². The molecule has 1 aromatic heterocycles. The summed E-state index contributed by atoms with van der Waals surface area (Å²) < 4.78 is 15.7. The Bertz CT molecular complexity index is 1450. The fourth-order valence-electron chi connectivity index (χ4n) is 5.11. The zero-order valence-electron chi connectivity index (χ0n) is 21.1. The van der Waals surface area contributed by atoms with E-state index in [1.807, 2.05) is 63.2 Å². The monoisotopic (exact) mass is 496 g/mol. The molecule has 1 aliphatic rings. The van der Waals surface area contributed by atoms with Crippen LogP contribution in [0.1, 0.15) is 52.0 Å². The van der Waals surface area contributed by atoms with Crippen molar-refractivity contribution in [2.24, 2.45) is 0 Å². The number of amides is 2. The molecule has 0 fully saturated rings. The third-order valence-corrected chi connectivity index (χ3v) is 6.76. The number of rotatable bonds is 6. The maximum atomic E-state index is 14.2. The molecule has 5 rings (SSSR count). The smallest absolute Gasteiger partial charge is 0.251 e. The Balaban J connectivity index is 1.69. The van der Waals surface area contributed by atoms with Gasteiger partial charge in [-0.25, -0.2) is 9.07 Å². The van der Waals surface area contributed by atoms with Crippen molar-refractivity contribution in [3.05, 3.63) is 113 Å². The first-order valence-electron chi connectivity index (χ1n) is 12.5. The van der Waals surface area contributed by atoms with Gasteiger partial charge in [-0.15, -0.1) is 0 Å². The van der Waals surface area contributed by atoms with Crippen molar-refractivity contribution in [1.82, 2.24) is 15.1 Å². The zero-order chi connectivity index (χ0) is 26.1. The van der Waals surface area contributed by atoms with E-state index in [2.05, 4.69) is 5.32 Å². The fraction of sp³-hybridized carbons (Fsp3) is 0.233. The van der Waals surface area contributed by atoms with Gasteiger partial charge in [-0.3, -0.25) is 14.5 Å². The van der Waals surface area contributed by atoms with E-state index in [1.54, 1.807) is 33.8 Å². The molecule has 0 spiro atoms. The molecular weight excluding hydrogens is 467 g/mol. The summed E-state index contributed by atoms with van der Waals surface area (Å²) in [7, 11) is 0. The van der Waals surface area contributed by atoms with Crippen LogP contribution < -0.4 is 10.2 Å². The van der Waals surface area contributed by atoms with Crippen molar-refractivity contribution in [2.75, 3.05) is 11.4 Å². The highest BCUT2D eigenvalue weighted by Gasteiger charge is 2.45. The zero-order valence-corrected chi connectivity index (χ0v) is 21.1. The van der Waals surface area contributed by atoms with Gasteiger partial charge in [0.1, 0.15) is 17.7 Å². The van der Waals surface area contributed by atoms with Crippen molar-refractivity contribution < 1.29 is 14.0 Å². The van der Waals surface area contributed by atoms with Crippen LogP contribution in [0.25, 0.3) is 5.69 Å². The van der Waals surface area contributed by atoms with E-state index < -0.39 is 12.0 Å². The SMILES string of the molecule is CCCN1C(=O)[C@@H](NC(=O)c2cccc(C)c2)[C@@H](c2ccc(F)cc2)c2c(C)nn(-c3ccccc3)c21. The number of carbonyl (C=O) groups is 2. The number of anilines is 1. The number of aromatic nitrogens is 2. The van der Waals surface area contributed by atoms with Crippen LogP contribution in [0.3, 0.4) is 0 Å². The summed E-state index contributed by atoms with van der Waals surface area (Å²) in [4.78, 5) is 29.2. The van der Waals surface area contributed by atoms with Gasteiger partial charge in [0, 0.05) is 23.6 Å². The lowest BCUT2D eigenvalue weighted by atomic mass is 9.81. The first-order valence-corrected chi connectivity index (χ1v) is 12.5. The van der Waals surface area contributed by atoms with Crippen LogP contribution in [0.2, 0.25) is 0 Å². The summed E-state index contributed by atoms with van der Waals surface area (Å²) in [6.07, 6.45) is 0.726. The Morgan fingerprint density at radius 2 is 1.73 bits per heavy atom. The highest BCUT2D eigenvalue weighted by molar-refractivity contribution is 6.05. The van der Waals surface area contributed by atoms with E-state index in [0.29, 0.717) is 17.9 Å². The van der Waals surface area contributed by atoms with Gasteiger partial charge in [-0.05, 0) is 62.2 Å². The number of nitrogens with zero attached hydrogens (tertiary/aromatic N) is 3. The maximum Gasteiger partial charge on any atom is 0.251 e. The average Bonchev–Trinajstić information content (AvgIpc) is 3.24. The maximum absolute atomic E-state index is 14.2. The van der Waals surface area contributed by atoms with Crippen molar-refractivity contribution in [3.63, 3.8) is 0 Å². The molecule has 0 aliphatic carbocycles. The van der Waals surface area contributed by atoms with Gasteiger partial charge < -0.3 is 5.32 Å². The number of hydrogen-bond donors (Lipinski definition) is 1. The Hall–Kier alpha value is -4.26. The van der Waals surface area contributed by atoms with Gasteiger partial charge >= 0.3 is 0 Å². The Morgan fingerprint density at radius 1 is 1.00 bits per heavy atom. The molecule has 0 radical (unpaired) electrons. The lowest BCUT2D eigenvalue weighted by Gasteiger charge is -2.39. The van der Waals surface area contributed by atoms with Crippen molar-refractivity contribution in [2.45, 2.75) is 39.2 Å². The number of para-hydroxylation sites is 1. The summed E-state index contributed by atoms with van der Waals surface area (Å²) in [6.45, 7) is 6.31. The first kappa shape index (κ1) is 24.4. The number of benzene rings is 3. The van der Waals surface area contributed by atoms with E-state index in [9.17, 15) is 14.0 Å². The third-order valence-electron chi connectivity index (χ3n) is 6.76. The summed E-state index contributed by atoms with van der Waals surface area (Å²) >= 11 is 0. The van der Waals surface area contributed by atoms with Crippen molar-refractivity contribution >= 4 is 17.6 Å². The first-order chi connectivity index (χ1) is 17.9. The van der Waals surface area contributed by atoms with Crippen LogP contribution in [0.5, 0.6) is 0 Å². The Morgan fingerprint density at radius 3 is 2.41 bits per heavy atom. The van der Waals surface area contributed by atoms with Crippen LogP contribution >= 0.6 is 0 Å². The molecule has 6 nitrogen and oxygen atoms in total. The predicted octanol–water partition coefficient (Wildman–Crippen LogP) is 5.32. The fourth-order valence-corrected chi connectivity index (χ4v) is 5.11. The largest absolute Gasteiger partial charge is 0.339 e. The molecule has 2 amide bonds. The number of fused-ring (bicyclic) bond motifs is 1. The molecule has 3 aromatic carbocycles. The van der Waals surface area contributed by atoms with Crippen LogP contribution in [-0.4, -0.2) is 34.2 Å². The van der Waals surface area contributed by atoms with Crippen LogP contribution in [0.4, 0.5) is 10.2 Å². The lowest BCUT2D eigenvalue weighted by molar-refractivity contribution is -0.121. The van der Waals surface area contributed by atoms with Crippen LogP contribution in [0.15, 0.2) is 78.9 Å². The number of aryl methyl sites for hydroxylation is 2. The molecular formula is C30H29FN4O2. The van der Waals surface area contributed by atoms with Gasteiger partial charge in [0.25, 0.3) is 11.8 Å². The second-order valence-corrected chi connectivity index (χ2v) is 9.41. The second-order valence-electron chi connectivity index (χ2n) is 9.41. The van der Waals surface area contributed by atoms with Gasteiger partial charge in [0.15, 0.2) is 0 Å². The molecule has 0 unspecified atom stereocenters. The Kier molecular flexibility index (Phi) is 6.61. The minimum Gasteiger partial charge on any atom is -0.339 e. The quantitative estimate of drug-likeness (QED) is 0.393. The lowest BCUT2D eigenvalue weighted by Crippen LogP contribution is -2.55. The van der Waals surface area contributed by atoms with Gasteiger partial charge in [-0.1, -0.05) is 55.0 Å². The minimum absolute atomic E-state index is 0.221. The van der Waals surface area contributed by atoms with E-state index in [1.165, 1.54) is 12.1 Å². The number of halogens is 1. The molecule has 2 atom stereocenters. The normalized spacial score (nSPS) is 17.0. The molecule has 1 N–H and O–H groups in total. The number of hydrogen-bond acceptors (Lipinski definition) is 3. The summed E-state index contributed by atoms with van der Waals surface area (Å²) in [6, 6.07) is 22.2. The summed E-state index contributed by atoms with van der Waals surface area (Å²) in [5, 5.41) is 7.86. The topological polar surface area (TPSA) is 67.2 Å². The number of carbonyl (C=O) groups excluding carboxylic acids is 2. The van der Waals surface area contributed by atoms with Crippen molar-refractivity contribution in [1.29, 1.82) is 0 Å². The molecule has 2 heterocycles. The average molecular weight is 497 g/mol. The molecule has 0 bridgehead atoms. The molecule has 7 heteroatoms. The van der Waals surface area contributed by atoms with Gasteiger partial charge in [0.2, 0.25) is 0 Å². The molecule has 0 saturated carbocycles. The van der Waals surface area contributed by atoms with Gasteiger partial charge in [0.05, 0.1) is 11.4 Å². The molecule has 0 saturated heterocycles. The highest BCUT2D eigenvalue weighted by atomic mass is 19.1. The Labute approximate surface area is 215 Å². The van der Waals surface area contributed by atoms with Gasteiger partial charge in [-0.2, -0.15) is 5.10 Å². The second kappa shape index (κ2) is 10.0. The minimum atomic E-state index is -0.885. The molecule has 37 heavy (non-hydrogen) atoms. The third kappa shape index (κ3) is 4.53. The molecule has 1 aliphatic heterocycles. The predicted molar refractivity (Wildman–Crippen MR) is 142 cm³/mol. The number of nitrogens with one attached hydrogen (secondary N) is 1. The van der Waals surface area contributed by atoms with E-state index in [-0.39, 0.29) is 17.6 Å². The summed E-state index contributed by atoms with van der Waals surface area (Å²) in [5.41, 5.74) is 4.59. The molecule has 188 valence electrons. The van der Waals surface area contributed by atoms with Crippen molar-refractivity contribution in [3.8, 4) is 5.69 Å². The highest BCUT2D eigenvalue weighted by Crippen LogP contribution is 2.43. The van der Waals surface area contributed by atoms with E-state index in [4.69, 9.17) is 5.10 Å². The van der Waals surface area contributed by atoms with Crippen LogP contribution in [0, 0.1) is 19.7 Å². The van der Waals surface area contributed by atoms with E-state index in [0.717, 1.165) is 34.5 Å². The summed E-state index contributed by atoms with van der Waals surface area (Å²) in [5.74, 6) is -0.770. The van der Waals surface area contributed by atoms with Crippen LogP contribution in [-0.2, 0) is 4.79 Å².